The predicted molar refractivity (Wildman–Crippen MR) is 51.2 cm³/mol. The maximum atomic E-state index is 5.78. The van der Waals surface area contributed by atoms with Crippen molar-refractivity contribution in [2.75, 3.05) is 7.05 Å². The molecule has 1 aromatic carbocycles. The lowest BCUT2D eigenvalue weighted by atomic mass is 10.2. The Morgan fingerprint density at radius 2 is 2.33 bits per heavy atom. The van der Waals surface area contributed by atoms with Crippen molar-refractivity contribution in [2.45, 2.75) is 0 Å². The van der Waals surface area contributed by atoms with Crippen LogP contribution in [0.15, 0.2) is 29.3 Å². The van der Waals surface area contributed by atoms with Gasteiger partial charge in [-0.15, -0.1) is 0 Å². The molecule has 0 saturated heterocycles. The minimum absolute atomic E-state index is 0.623. The van der Waals surface area contributed by atoms with Crippen LogP contribution in [0.2, 0.25) is 5.02 Å². The summed E-state index contributed by atoms with van der Waals surface area (Å²) in [7, 11) is 1.66. The van der Waals surface area contributed by atoms with Crippen LogP contribution in [0.25, 0.3) is 0 Å². The number of hydrogen-bond donors (Lipinski definition) is 2. The van der Waals surface area contributed by atoms with Crippen molar-refractivity contribution in [3.63, 3.8) is 0 Å². The molecule has 0 saturated carbocycles. The smallest absolute Gasteiger partial charge is 0.142 e. The summed E-state index contributed by atoms with van der Waals surface area (Å²) in [6.07, 6.45) is 0. The largest absolute Gasteiger partial charge is 0.308 e. The molecule has 0 aromatic heterocycles. The van der Waals surface area contributed by atoms with Gasteiger partial charge in [0.25, 0.3) is 0 Å². The van der Waals surface area contributed by atoms with Gasteiger partial charge in [-0.1, -0.05) is 23.7 Å². The third-order valence-electron chi connectivity index (χ3n) is 1.46. The molecule has 0 spiro atoms. The molecule has 0 aliphatic heterocycles. The fraction of sp³-hybridized carbons (Fsp3) is 0.125. The zero-order valence-electron chi connectivity index (χ0n) is 6.71. The molecule has 0 bridgehead atoms. The van der Waals surface area contributed by atoms with Gasteiger partial charge in [-0.2, -0.15) is 0 Å². The Morgan fingerprint density at radius 1 is 1.58 bits per heavy atom. The first-order chi connectivity index (χ1) is 5.77. The minimum Gasteiger partial charge on any atom is -0.308 e. The second-order valence-electron chi connectivity index (χ2n) is 2.23. The maximum Gasteiger partial charge on any atom is 0.142 e. The molecule has 1 aromatic rings. The van der Waals surface area contributed by atoms with Crippen LogP contribution in [0.4, 0.5) is 0 Å². The summed E-state index contributed by atoms with van der Waals surface area (Å²) in [6, 6.07) is 7.33. The number of nitrogens with zero attached hydrogens (tertiary/aromatic N) is 1. The molecule has 1 rings (SSSR count). The van der Waals surface area contributed by atoms with Gasteiger partial charge in [0.05, 0.1) is 0 Å². The SMILES string of the molecule is CN=C(NN)c1cccc(Cl)c1. The number of rotatable bonds is 1. The summed E-state index contributed by atoms with van der Waals surface area (Å²) in [5.74, 6) is 5.86. The van der Waals surface area contributed by atoms with Gasteiger partial charge in [-0.05, 0) is 12.1 Å². The van der Waals surface area contributed by atoms with Crippen LogP contribution in [0.1, 0.15) is 5.56 Å². The number of nitrogens with one attached hydrogen (secondary N) is 1. The third-order valence-corrected chi connectivity index (χ3v) is 1.69. The second-order valence-corrected chi connectivity index (χ2v) is 2.66. The van der Waals surface area contributed by atoms with Gasteiger partial charge in [0, 0.05) is 17.6 Å². The van der Waals surface area contributed by atoms with Crippen molar-refractivity contribution in [3.05, 3.63) is 34.9 Å². The Kier molecular flexibility index (Phi) is 3.08. The highest BCUT2D eigenvalue weighted by molar-refractivity contribution is 6.31. The van der Waals surface area contributed by atoms with Gasteiger partial charge >= 0.3 is 0 Å². The van der Waals surface area contributed by atoms with Gasteiger partial charge in [0.2, 0.25) is 0 Å². The first kappa shape index (κ1) is 9.03. The fourth-order valence-corrected chi connectivity index (χ4v) is 1.10. The molecule has 0 amide bonds. The Morgan fingerprint density at radius 3 is 2.83 bits per heavy atom. The molecule has 12 heavy (non-hydrogen) atoms. The van der Waals surface area contributed by atoms with Crippen LogP contribution in [0, 0.1) is 0 Å². The molecule has 0 unspecified atom stereocenters. The molecule has 3 N–H and O–H groups in total. The molecule has 64 valence electrons. The Balaban J connectivity index is 3.02. The van der Waals surface area contributed by atoms with Gasteiger partial charge in [-0.25, -0.2) is 5.84 Å². The van der Waals surface area contributed by atoms with Gasteiger partial charge in [0.1, 0.15) is 5.84 Å². The molecule has 0 fully saturated rings. The van der Waals surface area contributed by atoms with E-state index in [1.54, 1.807) is 19.2 Å². The standard InChI is InChI=1S/C8H10ClN3/c1-11-8(12-10)6-3-2-4-7(9)5-6/h2-5H,10H2,1H3,(H,11,12). The number of amidine groups is 1. The van der Waals surface area contributed by atoms with Crippen molar-refractivity contribution in [1.29, 1.82) is 0 Å². The van der Waals surface area contributed by atoms with E-state index in [2.05, 4.69) is 10.4 Å². The first-order valence-electron chi connectivity index (χ1n) is 3.47. The molecule has 3 nitrogen and oxygen atoms in total. The van der Waals surface area contributed by atoms with E-state index < -0.39 is 0 Å². The monoisotopic (exact) mass is 183 g/mol. The molecular weight excluding hydrogens is 174 g/mol. The molecule has 0 radical (unpaired) electrons. The second kappa shape index (κ2) is 4.09. The molecule has 0 atom stereocenters. The molecule has 0 aliphatic carbocycles. The van der Waals surface area contributed by atoms with E-state index in [9.17, 15) is 0 Å². The Bertz CT molecular complexity index is 296. The van der Waals surface area contributed by atoms with Crippen LogP contribution in [0.5, 0.6) is 0 Å². The highest BCUT2D eigenvalue weighted by atomic mass is 35.5. The summed E-state index contributed by atoms with van der Waals surface area (Å²) in [5.41, 5.74) is 3.37. The highest BCUT2D eigenvalue weighted by Crippen LogP contribution is 2.10. The van der Waals surface area contributed by atoms with Gasteiger partial charge in [0.15, 0.2) is 0 Å². The van der Waals surface area contributed by atoms with Gasteiger partial charge in [-0.3, -0.25) is 4.99 Å². The molecular formula is C8H10ClN3. The number of nitrogens with two attached hydrogens (primary N) is 1. The lowest BCUT2D eigenvalue weighted by molar-refractivity contribution is 1.02. The Labute approximate surface area is 76.2 Å². The van der Waals surface area contributed by atoms with E-state index in [1.165, 1.54) is 0 Å². The Hall–Kier alpha value is -1.06. The summed E-state index contributed by atoms with van der Waals surface area (Å²) >= 11 is 5.78. The number of halogens is 1. The van der Waals surface area contributed by atoms with Crippen molar-refractivity contribution in [1.82, 2.24) is 5.43 Å². The van der Waals surface area contributed by atoms with Crippen molar-refractivity contribution in [2.24, 2.45) is 10.8 Å². The van der Waals surface area contributed by atoms with Crippen molar-refractivity contribution >= 4 is 17.4 Å². The number of aliphatic imine (C=N–C) groups is 1. The van der Waals surface area contributed by atoms with Crippen LogP contribution < -0.4 is 11.3 Å². The quantitative estimate of drug-likeness (QED) is 0.297. The maximum absolute atomic E-state index is 5.78. The van der Waals surface area contributed by atoms with Crippen molar-refractivity contribution < 1.29 is 0 Å². The zero-order valence-corrected chi connectivity index (χ0v) is 7.47. The van der Waals surface area contributed by atoms with E-state index in [0.717, 1.165) is 5.56 Å². The zero-order chi connectivity index (χ0) is 8.97. The average Bonchev–Trinajstić information content (AvgIpc) is 2.07. The topological polar surface area (TPSA) is 50.4 Å². The number of benzene rings is 1. The highest BCUT2D eigenvalue weighted by Gasteiger charge is 1.99. The lowest BCUT2D eigenvalue weighted by Crippen LogP contribution is -2.30. The van der Waals surface area contributed by atoms with Crippen LogP contribution in [-0.4, -0.2) is 12.9 Å². The summed E-state index contributed by atoms with van der Waals surface area (Å²) in [6.45, 7) is 0. The van der Waals surface area contributed by atoms with E-state index in [0.29, 0.717) is 10.9 Å². The lowest BCUT2D eigenvalue weighted by Gasteiger charge is -2.03. The van der Waals surface area contributed by atoms with Crippen molar-refractivity contribution in [3.8, 4) is 0 Å². The van der Waals surface area contributed by atoms with Gasteiger partial charge < -0.3 is 5.43 Å². The fourth-order valence-electron chi connectivity index (χ4n) is 0.913. The van der Waals surface area contributed by atoms with E-state index >= 15 is 0 Å². The molecule has 4 heteroatoms. The normalized spacial score (nSPS) is 11.4. The van der Waals surface area contributed by atoms with E-state index in [1.807, 2.05) is 12.1 Å². The predicted octanol–water partition coefficient (Wildman–Crippen LogP) is 1.18. The first-order valence-corrected chi connectivity index (χ1v) is 3.85. The average molecular weight is 184 g/mol. The third kappa shape index (κ3) is 1.96. The van der Waals surface area contributed by atoms with Crippen LogP contribution in [-0.2, 0) is 0 Å². The summed E-state index contributed by atoms with van der Waals surface area (Å²) < 4.78 is 0. The van der Waals surface area contributed by atoms with Crippen LogP contribution in [0.3, 0.4) is 0 Å². The molecule has 0 heterocycles. The van der Waals surface area contributed by atoms with E-state index in [4.69, 9.17) is 17.4 Å². The van der Waals surface area contributed by atoms with Crippen LogP contribution >= 0.6 is 11.6 Å². The minimum atomic E-state index is 0.623. The number of hydrogen-bond acceptors (Lipinski definition) is 2. The summed E-state index contributed by atoms with van der Waals surface area (Å²) in [4.78, 5) is 3.94. The summed E-state index contributed by atoms with van der Waals surface area (Å²) in [5, 5.41) is 0.670. The molecule has 0 aliphatic rings. The number of hydrazine groups is 1. The van der Waals surface area contributed by atoms with E-state index in [-0.39, 0.29) is 0 Å².